The van der Waals surface area contributed by atoms with E-state index in [1.165, 1.54) is 23.5 Å². The number of amides is 1. The van der Waals surface area contributed by atoms with Crippen LogP contribution in [0.5, 0.6) is 0 Å². The molecule has 7 heteroatoms. The number of hydrogen-bond acceptors (Lipinski definition) is 3. The summed E-state index contributed by atoms with van der Waals surface area (Å²) in [5.41, 5.74) is -1.00. The number of nitrogens with zero attached hydrogens (tertiary/aromatic N) is 1. The maximum absolute atomic E-state index is 13.1. The Labute approximate surface area is 127 Å². The van der Waals surface area contributed by atoms with Crippen molar-refractivity contribution in [3.8, 4) is 0 Å². The summed E-state index contributed by atoms with van der Waals surface area (Å²) >= 11 is 1.23. The van der Waals surface area contributed by atoms with Crippen molar-refractivity contribution in [1.82, 2.24) is 4.98 Å². The van der Waals surface area contributed by atoms with Crippen molar-refractivity contribution >= 4 is 33.1 Å². The number of nitrogens with one attached hydrogen (secondary N) is 1. The number of rotatable bonds is 2. The Bertz CT molecular complexity index is 828. The number of alkyl halides is 3. The number of anilines is 1. The predicted molar refractivity (Wildman–Crippen MR) is 79.0 cm³/mol. The molecule has 0 radical (unpaired) electrons. The summed E-state index contributed by atoms with van der Waals surface area (Å²) in [6.07, 6.45) is -4.69. The Balaban J connectivity index is 2.06. The molecule has 3 rings (SSSR count). The lowest BCUT2D eigenvalue weighted by atomic mass is 10.1. The highest BCUT2D eigenvalue weighted by atomic mass is 32.1. The number of fused-ring (bicyclic) bond motifs is 1. The Morgan fingerprint density at radius 2 is 1.86 bits per heavy atom. The SMILES string of the molecule is O=C(Nc1ccccc1)c1cc2sccc2nc1C(F)(F)F. The van der Waals surface area contributed by atoms with Crippen LogP contribution in [0.15, 0.2) is 47.8 Å². The first-order valence-electron chi connectivity index (χ1n) is 6.27. The monoisotopic (exact) mass is 322 g/mol. The van der Waals surface area contributed by atoms with Gasteiger partial charge in [0, 0.05) is 5.69 Å². The summed E-state index contributed by atoms with van der Waals surface area (Å²) < 4.78 is 40.0. The number of para-hydroxylation sites is 1. The summed E-state index contributed by atoms with van der Waals surface area (Å²) in [5, 5.41) is 4.09. The fourth-order valence-electron chi connectivity index (χ4n) is 2.00. The lowest BCUT2D eigenvalue weighted by molar-refractivity contribution is -0.141. The second-order valence-corrected chi connectivity index (χ2v) is 5.45. The van der Waals surface area contributed by atoms with Crippen molar-refractivity contribution in [2.45, 2.75) is 6.18 Å². The molecule has 0 aliphatic carbocycles. The minimum atomic E-state index is -4.69. The van der Waals surface area contributed by atoms with E-state index < -0.39 is 23.3 Å². The van der Waals surface area contributed by atoms with Gasteiger partial charge in [0.05, 0.1) is 15.8 Å². The molecule has 0 spiro atoms. The molecule has 0 fully saturated rings. The molecular weight excluding hydrogens is 313 g/mol. The van der Waals surface area contributed by atoms with Crippen LogP contribution >= 0.6 is 11.3 Å². The van der Waals surface area contributed by atoms with E-state index in [1.54, 1.807) is 35.7 Å². The van der Waals surface area contributed by atoms with Gasteiger partial charge in [-0.05, 0) is 29.6 Å². The standard InChI is InChI=1S/C15H9F3N2OS/c16-15(17,18)13-10(8-12-11(20-13)6-7-22-12)14(21)19-9-4-2-1-3-5-9/h1-8H,(H,19,21). The Morgan fingerprint density at radius 1 is 1.14 bits per heavy atom. The van der Waals surface area contributed by atoms with Crippen LogP contribution in [0.3, 0.4) is 0 Å². The molecule has 0 atom stereocenters. The second-order valence-electron chi connectivity index (χ2n) is 4.51. The minimum absolute atomic E-state index is 0.230. The topological polar surface area (TPSA) is 42.0 Å². The van der Waals surface area contributed by atoms with Crippen molar-refractivity contribution in [2.75, 3.05) is 5.32 Å². The average molecular weight is 322 g/mol. The molecule has 2 heterocycles. The van der Waals surface area contributed by atoms with Gasteiger partial charge in [0.25, 0.3) is 5.91 Å². The van der Waals surface area contributed by atoms with Crippen LogP contribution in [0.4, 0.5) is 18.9 Å². The predicted octanol–water partition coefficient (Wildman–Crippen LogP) is 4.57. The number of pyridine rings is 1. The van der Waals surface area contributed by atoms with Gasteiger partial charge in [-0.1, -0.05) is 18.2 Å². The molecule has 3 aromatic rings. The molecule has 0 aliphatic heterocycles. The Hall–Kier alpha value is -2.41. The fourth-order valence-corrected chi connectivity index (χ4v) is 2.77. The first-order chi connectivity index (χ1) is 10.4. The molecular formula is C15H9F3N2OS. The summed E-state index contributed by atoms with van der Waals surface area (Å²) in [7, 11) is 0. The number of carbonyl (C=O) groups excluding carboxylic acids is 1. The van der Waals surface area contributed by atoms with Gasteiger partial charge in [-0.25, -0.2) is 4.98 Å². The lowest BCUT2D eigenvalue weighted by Gasteiger charge is -2.12. The van der Waals surface area contributed by atoms with Gasteiger partial charge in [0.15, 0.2) is 5.69 Å². The van der Waals surface area contributed by atoms with Gasteiger partial charge in [0.1, 0.15) is 0 Å². The van der Waals surface area contributed by atoms with Crippen LogP contribution in [-0.2, 0) is 6.18 Å². The Kier molecular flexibility index (Phi) is 3.58. The molecule has 1 N–H and O–H groups in total. The van der Waals surface area contributed by atoms with Gasteiger partial charge >= 0.3 is 6.18 Å². The summed E-state index contributed by atoms with van der Waals surface area (Å²) in [6.45, 7) is 0. The van der Waals surface area contributed by atoms with E-state index in [1.807, 2.05) is 0 Å². The van der Waals surface area contributed by atoms with Gasteiger partial charge < -0.3 is 5.32 Å². The van der Waals surface area contributed by atoms with Gasteiger partial charge in [-0.3, -0.25) is 4.79 Å². The molecule has 0 unspecified atom stereocenters. The molecule has 112 valence electrons. The number of thiophene rings is 1. The third kappa shape index (κ3) is 2.80. The van der Waals surface area contributed by atoms with Crippen LogP contribution in [0.1, 0.15) is 16.1 Å². The van der Waals surface area contributed by atoms with E-state index in [0.29, 0.717) is 10.4 Å². The van der Waals surface area contributed by atoms with Crippen LogP contribution in [0.2, 0.25) is 0 Å². The van der Waals surface area contributed by atoms with Gasteiger partial charge in [0.2, 0.25) is 0 Å². The van der Waals surface area contributed by atoms with Crippen molar-refractivity contribution in [3.05, 3.63) is 59.1 Å². The largest absolute Gasteiger partial charge is 0.434 e. The quantitative estimate of drug-likeness (QED) is 0.751. The van der Waals surface area contributed by atoms with E-state index in [-0.39, 0.29) is 5.52 Å². The zero-order chi connectivity index (χ0) is 15.7. The van der Waals surface area contributed by atoms with Crippen LogP contribution in [0, 0.1) is 0 Å². The van der Waals surface area contributed by atoms with Crippen molar-refractivity contribution in [2.24, 2.45) is 0 Å². The number of halogens is 3. The molecule has 3 nitrogen and oxygen atoms in total. The number of aromatic nitrogens is 1. The van der Waals surface area contributed by atoms with Crippen LogP contribution < -0.4 is 5.32 Å². The third-order valence-corrected chi connectivity index (χ3v) is 3.83. The normalized spacial score (nSPS) is 11.6. The van der Waals surface area contributed by atoms with Crippen molar-refractivity contribution in [1.29, 1.82) is 0 Å². The van der Waals surface area contributed by atoms with Crippen molar-refractivity contribution in [3.63, 3.8) is 0 Å². The molecule has 2 aromatic heterocycles. The maximum atomic E-state index is 13.1. The van der Waals surface area contributed by atoms with Crippen LogP contribution in [0.25, 0.3) is 10.2 Å². The molecule has 0 aliphatic rings. The molecule has 1 aromatic carbocycles. The first-order valence-corrected chi connectivity index (χ1v) is 7.15. The van der Waals surface area contributed by atoms with E-state index in [4.69, 9.17) is 0 Å². The molecule has 0 bridgehead atoms. The van der Waals surface area contributed by atoms with E-state index in [0.717, 1.165) is 0 Å². The highest BCUT2D eigenvalue weighted by Crippen LogP contribution is 2.34. The maximum Gasteiger partial charge on any atom is 0.434 e. The molecule has 1 amide bonds. The van der Waals surface area contributed by atoms with Gasteiger partial charge in [-0.2, -0.15) is 13.2 Å². The Morgan fingerprint density at radius 3 is 2.55 bits per heavy atom. The highest BCUT2D eigenvalue weighted by molar-refractivity contribution is 7.17. The fraction of sp³-hybridized carbons (Fsp3) is 0.0667. The number of carbonyl (C=O) groups is 1. The van der Waals surface area contributed by atoms with Crippen molar-refractivity contribution < 1.29 is 18.0 Å². The third-order valence-electron chi connectivity index (χ3n) is 2.98. The molecule has 0 saturated carbocycles. The summed E-state index contributed by atoms with van der Waals surface area (Å²) in [5.74, 6) is -0.832. The van der Waals surface area contributed by atoms with E-state index >= 15 is 0 Å². The van der Waals surface area contributed by atoms with Gasteiger partial charge in [-0.15, -0.1) is 11.3 Å². The van der Waals surface area contributed by atoms with Crippen LogP contribution in [-0.4, -0.2) is 10.9 Å². The van der Waals surface area contributed by atoms with E-state index in [9.17, 15) is 18.0 Å². The number of benzene rings is 1. The lowest BCUT2D eigenvalue weighted by Crippen LogP contribution is -2.20. The first kappa shape index (κ1) is 14.5. The minimum Gasteiger partial charge on any atom is -0.322 e. The number of hydrogen-bond donors (Lipinski definition) is 1. The van der Waals surface area contributed by atoms with E-state index in [2.05, 4.69) is 10.3 Å². The average Bonchev–Trinajstić information content (AvgIpc) is 2.93. The second kappa shape index (κ2) is 5.42. The summed E-state index contributed by atoms with van der Waals surface area (Å²) in [4.78, 5) is 15.8. The molecule has 22 heavy (non-hydrogen) atoms. The summed E-state index contributed by atoms with van der Waals surface area (Å²) in [6, 6.07) is 11.0. The zero-order valence-electron chi connectivity index (χ0n) is 11.0. The highest BCUT2D eigenvalue weighted by Gasteiger charge is 2.37. The molecule has 0 saturated heterocycles. The smallest absolute Gasteiger partial charge is 0.322 e. The zero-order valence-corrected chi connectivity index (χ0v) is 11.8.